The minimum absolute atomic E-state index is 0.0289. The molecule has 6 rings (SSSR count). The second-order valence-electron chi connectivity index (χ2n) is 10.8. The quantitative estimate of drug-likeness (QED) is 0.0703. The fourth-order valence-electron chi connectivity index (χ4n) is 5.54. The van der Waals surface area contributed by atoms with E-state index in [-0.39, 0.29) is 28.5 Å². The second-order valence-corrected chi connectivity index (χ2v) is 13.6. The normalized spacial score (nSPS) is 20.2. The molecule has 1 aromatic heterocycles. The SMILES string of the molecule is Nc1nc(C(=NOC2CCCC2)C(=O)NC2C(=O)N3C(C(=O)OC(c4ccccc4)c4ccccc4)=C(C=CCI)CS[C@H]23)ns1. The van der Waals surface area contributed by atoms with E-state index in [0.717, 1.165) is 52.8 Å². The molecule has 2 amide bonds. The maximum Gasteiger partial charge on any atom is 0.356 e. The molecular weight excluding hydrogens is 739 g/mol. The van der Waals surface area contributed by atoms with Gasteiger partial charge in [-0.05, 0) is 42.4 Å². The Morgan fingerprint density at radius 1 is 1.11 bits per heavy atom. The highest BCUT2D eigenvalue weighted by atomic mass is 127. The van der Waals surface area contributed by atoms with E-state index in [0.29, 0.717) is 11.3 Å². The van der Waals surface area contributed by atoms with E-state index in [2.05, 4.69) is 42.4 Å². The molecule has 1 aliphatic carbocycles. The van der Waals surface area contributed by atoms with Gasteiger partial charge in [0.2, 0.25) is 11.5 Å². The molecule has 0 radical (unpaired) electrons. The summed E-state index contributed by atoms with van der Waals surface area (Å²) < 4.78 is 11.0. The van der Waals surface area contributed by atoms with Crippen LogP contribution in [0.3, 0.4) is 0 Å². The average Bonchev–Trinajstić information content (AvgIpc) is 3.77. The lowest BCUT2D eigenvalue weighted by molar-refractivity contribution is -0.154. The molecule has 3 aliphatic rings. The van der Waals surface area contributed by atoms with Crippen molar-refractivity contribution < 1.29 is 24.0 Å². The van der Waals surface area contributed by atoms with Gasteiger partial charge in [-0.25, -0.2) is 4.79 Å². The number of allylic oxidation sites excluding steroid dienone is 2. The molecule has 14 heteroatoms. The fraction of sp³-hybridized carbons (Fsp3) is 0.312. The standard InChI is InChI=1S/C32H31IN6O5S2/c33-17-9-14-21-18-45-30-24(35-28(40)23(27-36-32(34)46-38-27)37-44-22-15-7-8-16-22)29(41)39(30)25(21)31(42)43-26(19-10-3-1-4-11-19)20-12-5-2-6-13-20/h1-6,9-14,22,24,26,30H,7-8,15-18H2,(H,35,40)(H2,34,36,38)/t24?,30-/m1/s1. The van der Waals surface area contributed by atoms with Gasteiger partial charge in [-0.2, -0.15) is 9.36 Å². The maximum absolute atomic E-state index is 14.0. The number of amides is 2. The average molecular weight is 771 g/mol. The number of esters is 1. The zero-order valence-corrected chi connectivity index (χ0v) is 28.4. The van der Waals surface area contributed by atoms with Gasteiger partial charge in [0.1, 0.15) is 23.2 Å². The third kappa shape index (κ3) is 6.98. The Labute approximate surface area is 288 Å². The van der Waals surface area contributed by atoms with Gasteiger partial charge in [-0.1, -0.05) is 101 Å². The van der Waals surface area contributed by atoms with Crippen LogP contribution in [0.5, 0.6) is 0 Å². The fourth-order valence-corrected chi connectivity index (χ4v) is 7.55. The maximum atomic E-state index is 14.0. The number of hydrogen-bond acceptors (Lipinski definition) is 11. The van der Waals surface area contributed by atoms with Gasteiger partial charge >= 0.3 is 5.97 Å². The lowest BCUT2D eigenvalue weighted by atomic mass is 10.0. The molecule has 3 heterocycles. The number of ether oxygens (including phenoxy) is 1. The van der Waals surface area contributed by atoms with E-state index in [1.54, 1.807) is 0 Å². The van der Waals surface area contributed by atoms with E-state index < -0.39 is 35.3 Å². The highest BCUT2D eigenvalue weighted by Crippen LogP contribution is 2.42. The van der Waals surface area contributed by atoms with Crippen molar-refractivity contribution in [2.24, 2.45) is 5.16 Å². The molecule has 2 atom stereocenters. The Bertz CT molecular complexity index is 1640. The number of oxime groups is 1. The van der Waals surface area contributed by atoms with Crippen molar-refractivity contribution in [2.75, 3.05) is 15.9 Å². The molecule has 46 heavy (non-hydrogen) atoms. The summed E-state index contributed by atoms with van der Waals surface area (Å²) in [5.74, 6) is -1.25. The van der Waals surface area contributed by atoms with Crippen molar-refractivity contribution in [3.8, 4) is 0 Å². The zero-order valence-electron chi connectivity index (χ0n) is 24.6. The monoisotopic (exact) mass is 770 g/mol. The van der Waals surface area contributed by atoms with E-state index in [1.807, 2.05) is 72.8 Å². The minimum atomic E-state index is -0.915. The van der Waals surface area contributed by atoms with Gasteiger partial charge in [0.15, 0.2) is 11.2 Å². The number of carbonyl (C=O) groups excluding carboxylic acids is 3. The summed E-state index contributed by atoms with van der Waals surface area (Å²) in [5, 5.41) is 6.54. The summed E-state index contributed by atoms with van der Waals surface area (Å²) in [6, 6.07) is 18.0. The van der Waals surface area contributed by atoms with Gasteiger partial charge in [-0.3, -0.25) is 14.5 Å². The van der Waals surface area contributed by atoms with Crippen molar-refractivity contribution in [3.63, 3.8) is 0 Å². The summed E-state index contributed by atoms with van der Waals surface area (Å²) in [7, 11) is 0. The first-order valence-corrected chi connectivity index (χ1v) is 18.1. The number of thioether (sulfide) groups is 1. The molecule has 1 saturated carbocycles. The number of anilines is 1. The molecule has 3 N–H and O–H groups in total. The molecule has 0 spiro atoms. The molecule has 2 fully saturated rings. The van der Waals surface area contributed by atoms with Gasteiger partial charge in [-0.15, -0.1) is 11.8 Å². The first-order valence-electron chi connectivity index (χ1n) is 14.8. The van der Waals surface area contributed by atoms with E-state index >= 15 is 0 Å². The summed E-state index contributed by atoms with van der Waals surface area (Å²) in [4.78, 5) is 52.5. The molecule has 2 aromatic carbocycles. The topological polar surface area (TPSA) is 149 Å². The largest absolute Gasteiger partial charge is 0.448 e. The molecule has 3 aromatic rings. The summed E-state index contributed by atoms with van der Waals surface area (Å²) in [6.45, 7) is 0. The summed E-state index contributed by atoms with van der Waals surface area (Å²) >= 11 is 4.61. The first kappa shape index (κ1) is 32.2. The molecule has 238 valence electrons. The number of rotatable bonds is 11. The third-order valence-electron chi connectivity index (χ3n) is 7.78. The van der Waals surface area contributed by atoms with Crippen LogP contribution in [0.2, 0.25) is 0 Å². The predicted octanol–water partition coefficient (Wildman–Crippen LogP) is 4.76. The van der Waals surface area contributed by atoms with E-state index in [4.69, 9.17) is 15.3 Å². The molecule has 2 aliphatic heterocycles. The molecule has 11 nitrogen and oxygen atoms in total. The van der Waals surface area contributed by atoms with E-state index in [9.17, 15) is 14.4 Å². The third-order valence-corrected chi connectivity index (χ3v) is 10.1. The number of fused-ring (bicyclic) bond motifs is 1. The number of β-lactam (4-membered cyclic amide) rings is 1. The molecular formula is C32H31IN6O5S2. The van der Waals surface area contributed by atoms with Crippen molar-refractivity contribution in [1.29, 1.82) is 0 Å². The van der Waals surface area contributed by atoms with E-state index in [1.165, 1.54) is 16.7 Å². The number of halogens is 1. The number of carbonyl (C=O) groups is 3. The number of nitrogens with zero attached hydrogens (tertiary/aromatic N) is 4. The second kappa shape index (κ2) is 14.8. The van der Waals surface area contributed by atoms with Crippen LogP contribution in [0, 0.1) is 0 Å². The van der Waals surface area contributed by atoms with Crippen molar-refractivity contribution >= 4 is 74.5 Å². The number of hydrogen-bond donors (Lipinski definition) is 2. The number of aromatic nitrogens is 2. The number of nitrogens with two attached hydrogens (primary N) is 1. The Morgan fingerprint density at radius 2 is 1.78 bits per heavy atom. The highest BCUT2D eigenvalue weighted by molar-refractivity contribution is 14.1. The number of benzene rings is 2. The Hall–Kier alpha value is -3.76. The first-order chi connectivity index (χ1) is 22.4. The van der Waals surface area contributed by atoms with Crippen molar-refractivity contribution in [1.82, 2.24) is 19.6 Å². The molecule has 0 bridgehead atoms. The Kier molecular flexibility index (Phi) is 10.3. The smallest absolute Gasteiger partial charge is 0.356 e. The van der Waals surface area contributed by atoms with Crippen LogP contribution in [-0.2, 0) is 24.0 Å². The van der Waals surface area contributed by atoms with Gasteiger partial charge in [0.25, 0.3) is 11.8 Å². The molecule has 1 saturated heterocycles. The van der Waals surface area contributed by atoms with Crippen LogP contribution in [0.15, 0.2) is 89.2 Å². The highest BCUT2D eigenvalue weighted by Gasteiger charge is 2.54. The summed E-state index contributed by atoms with van der Waals surface area (Å²) in [5.41, 5.74) is 8.08. The Morgan fingerprint density at radius 3 is 2.39 bits per heavy atom. The predicted molar refractivity (Wildman–Crippen MR) is 185 cm³/mol. The van der Waals surface area contributed by atoms with Crippen LogP contribution in [0.25, 0.3) is 0 Å². The number of nitrogen functional groups attached to an aromatic ring is 1. The Balaban J connectivity index is 1.24. The number of nitrogens with one attached hydrogen (secondary N) is 1. The van der Waals surface area contributed by atoms with Gasteiger partial charge < -0.3 is 20.6 Å². The van der Waals surface area contributed by atoms with Crippen LogP contribution in [0.4, 0.5) is 5.13 Å². The van der Waals surface area contributed by atoms with Crippen LogP contribution in [0.1, 0.15) is 48.7 Å². The number of alkyl halides is 1. The van der Waals surface area contributed by atoms with Crippen LogP contribution < -0.4 is 11.1 Å². The lowest BCUT2D eigenvalue weighted by Crippen LogP contribution is -2.71. The van der Waals surface area contributed by atoms with Gasteiger partial charge in [0.05, 0.1) is 0 Å². The van der Waals surface area contributed by atoms with Gasteiger partial charge in [0, 0.05) is 21.7 Å². The van der Waals surface area contributed by atoms with Crippen LogP contribution >= 0.6 is 45.9 Å². The summed E-state index contributed by atoms with van der Waals surface area (Å²) in [6.07, 6.45) is 6.74. The zero-order chi connectivity index (χ0) is 32.0. The molecule has 1 unspecified atom stereocenters. The van der Waals surface area contributed by atoms with Crippen molar-refractivity contribution in [3.05, 3.63) is 101 Å². The minimum Gasteiger partial charge on any atom is -0.448 e. The lowest BCUT2D eigenvalue weighted by Gasteiger charge is -2.49. The van der Waals surface area contributed by atoms with Crippen LogP contribution in [-0.4, -0.2) is 65.5 Å². The van der Waals surface area contributed by atoms with Crippen molar-refractivity contribution in [2.45, 2.75) is 49.3 Å².